The van der Waals surface area contributed by atoms with Gasteiger partial charge in [-0.1, -0.05) is 0 Å². The SMILES string of the molecule is COc1cc(=O)n(C)cc1C(=O)N1CCN(c2ccc3ncnc(OC)c3c2)CC1. The molecule has 1 aromatic carbocycles. The second-order valence-electron chi connectivity index (χ2n) is 7.07. The van der Waals surface area contributed by atoms with E-state index in [-0.39, 0.29) is 11.5 Å². The number of carbonyl (C=O) groups is 1. The van der Waals surface area contributed by atoms with Gasteiger partial charge in [-0.3, -0.25) is 9.59 Å². The summed E-state index contributed by atoms with van der Waals surface area (Å²) >= 11 is 0. The van der Waals surface area contributed by atoms with Crippen molar-refractivity contribution < 1.29 is 14.3 Å². The first-order valence-corrected chi connectivity index (χ1v) is 9.59. The average molecular weight is 409 g/mol. The number of benzene rings is 1. The van der Waals surface area contributed by atoms with Crippen molar-refractivity contribution in [3.05, 3.63) is 52.7 Å². The van der Waals surface area contributed by atoms with Crippen LogP contribution in [-0.4, -0.2) is 65.7 Å². The quantitative estimate of drug-likeness (QED) is 0.642. The highest BCUT2D eigenvalue weighted by atomic mass is 16.5. The van der Waals surface area contributed by atoms with Gasteiger partial charge in [0.05, 0.1) is 30.7 Å². The summed E-state index contributed by atoms with van der Waals surface area (Å²) in [5.41, 5.74) is 2.02. The van der Waals surface area contributed by atoms with Gasteiger partial charge in [0, 0.05) is 51.2 Å². The predicted octanol–water partition coefficient (Wildman–Crippen LogP) is 1.31. The fourth-order valence-electron chi connectivity index (χ4n) is 3.66. The van der Waals surface area contributed by atoms with Gasteiger partial charge in [-0.05, 0) is 18.2 Å². The summed E-state index contributed by atoms with van der Waals surface area (Å²) in [7, 11) is 4.67. The number of methoxy groups -OCH3 is 2. The van der Waals surface area contributed by atoms with E-state index in [9.17, 15) is 9.59 Å². The molecule has 0 radical (unpaired) electrons. The molecule has 1 aliphatic rings. The summed E-state index contributed by atoms with van der Waals surface area (Å²) < 4.78 is 12.0. The van der Waals surface area contributed by atoms with Gasteiger partial charge in [-0.2, -0.15) is 0 Å². The molecular formula is C21H23N5O4. The predicted molar refractivity (Wildman–Crippen MR) is 112 cm³/mol. The van der Waals surface area contributed by atoms with E-state index < -0.39 is 0 Å². The first-order valence-electron chi connectivity index (χ1n) is 9.59. The molecule has 1 fully saturated rings. The van der Waals surface area contributed by atoms with E-state index in [4.69, 9.17) is 9.47 Å². The molecule has 0 aliphatic carbocycles. The fraction of sp³-hybridized carbons (Fsp3) is 0.333. The Morgan fingerprint density at radius 1 is 1.03 bits per heavy atom. The van der Waals surface area contributed by atoms with E-state index in [1.165, 1.54) is 30.3 Å². The van der Waals surface area contributed by atoms with Crippen molar-refractivity contribution in [1.29, 1.82) is 0 Å². The topological polar surface area (TPSA) is 89.8 Å². The molecule has 1 saturated heterocycles. The van der Waals surface area contributed by atoms with Crippen molar-refractivity contribution in [2.75, 3.05) is 45.3 Å². The van der Waals surface area contributed by atoms with Crippen LogP contribution in [0.4, 0.5) is 5.69 Å². The molecule has 3 heterocycles. The lowest BCUT2D eigenvalue weighted by Gasteiger charge is -2.36. The Hall–Kier alpha value is -3.62. The number of aryl methyl sites for hydroxylation is 1. The van der Waals surface area contributed by atoms with Crippen molar-refractivity contribution in [1.82, 2.24) is 19.4 Å². The second-order valence-corrected chi connectivity index (χ2v) is 7.07. The second kappa shape index (κ2) is 8.02. The lowest BCUT2D eigenvalue weighted by Crippen LogP contribution is -2.49. The van der Waals surface area contributed by atoms with E-state index >= 15 is 0 Å². The number of anilines is 1. The van der Waals surface area contributed by atoms with E-state index in [0.29, 0.717) is 43.4 Å². The summed E-state index contributed by atoms with van der Waals surface area (Å²) in [5.74, 6) is 0.695. The van der Waals surface area contributed by atoms with Crippen LogP contribution in [0.2, 0.25) is 0 Å². The van der Waals surface area contributed by atoms with Crippen molar-refractivity contribution in [3.8, 4) is 11.6 Å². The number of pyridine rings is 1. The van der Waals surface area contributed by atoms with Crippen LogP contribution in [0.1, 0.15) is 10.4 Å². The molecule has 1 amide bonds. The van der Waals surface area contributed by atoms with Gasteiger partial charge in [-0.15, -0.1) is 0 Å². The van der Waals surface area contributed by atoms with E-state index in [0.717, 1.165) is 16.6 Å². The zero-order valence-electron chi connectivity index (χ0n) is 17.2. The minimum Gasteiger partial charge on any atom is -0.496 e. The number of carbonyl (C=O) groups excluding carboxylic acids is 1. The number of hydrogen-bond acceptors (Lipinski definition) is 7. The van der Waals surface area contributed by atoms with Crippen LogP contribution >= 0.6 is 0 Å². The van der Waals surface area contributed by atoms with E-state index in [1.807, 2.05) is 18.2 Å². The summed E-state index contributed by atoms with van der Waals surface area (Å²) in [6, 6.07) is 7.32. The highest BCUT2D eigenvalue weighted by Gasteiger charge is 2.25. The number of rotatable bonds is 4. The van der Waals surface area contributed by atoms with Gasteiger partial charge in [0.25, 0.3) is 11.5 Å². The number of hydrogen-bond donors (Lipinski definition) is 0. The molecule has 3 aromatic rings. The Morgan fingerprint density at radius 3 is 2.50 bits per heavy atom. The standard InChI is InChI=1S/C21H23N5O4/c1-24-12-16(18(29-2)11-19(24)27)21(28)26-8-6-25(7-9-26)14-4-5-17-15(10-14)20(30-3)23-13-22-17/h4-5,10-13H,6-9H2,1-3H3. The normalized spacial score (nSPS) is 14.1. The minimum absolute atomic E-state index is 0.143. The summed E-state index contributed by atoms with van der Waals surface area (Å²) in [4.78, 5) is 37.3. The third-order valence-corrected chi connectivity index (χ3v) is 5.35. The third kappa shape index (κ3) is 3.54. The lowest BCUT2D eigenvalue weighted by atomic mass is 10.1. The number of piperazine rings is 1. The van der Waals surface area contributed by atoms with Gasteiger partial charge in [0.15, 0.2) is 0 Å². The number of fused-ring (bicyclic) bond motifs is 1. The van der Waals surface area contributed by atoms with Gasteiger partial charge in [0.2, 0.25) is 5.88 Å². The van der Waals surface area contributed by atoms with Crippen molar-refractivity contribution in [2.24, 2.45) is 7.05 Å². The summed E-state index contributed by atoms with van der Waals surface area (Å²) in [5, 5.41) is 0.853. The Balaban J connectivity index is 1.52. The number of nitrogens with zero attached hydrogens (tertiary/aromatic N) is 5. The van der Waals surface area contributed by atoms with Crippen LogP contribution in [0.25, 0.3) is 10.9 Å². The smallest absolute Gasteiger partial charge is 0.259 e. The number of amides is 1. The Kier molecular flexibility index (Phi) is 5.26. The molecule has 2 aromatic heterocycles. The van der Waals surface area contributed by atoms with E-state index in [1.54, 1.807) is 19.1 Å². The molecule has 0 saturated carbocycles. The third-order valence-electron chi connectivity index (χ3n) is 5.35. The van der Waals surface area contributed by atoms with Crippen molar-refractivity contribution >= 4 is 22.5 Å². The first kappa shape index (κ1) is 19.7. The summed E-state index contributed by atoms with van der Waals surface area (Å²) in [6.07, 6.45) is 3.02. The Labute approximate surface area is 173 Å². The highest BCUT2D eigenvalue weighted by molar-refractivity contribution is 5.96. The average Bonchev–Trinajstić information content (AvgIpc) is 2.79. The van der Waals surface area contributed by atoms with Crippen LogP contribution in [0, 0.1) is 0 Å². The largest absolute Gasteiger partial charge is 0.496 e. The zero-order chi connectivity index (χ0) is 21.3. The molecule has 1 aliphatic heterocycles. The minimum atomic E-state index is -0.219. The monoisotopic (exact) mass is 409 g/mol. The van der Waals surface area contributed by atoms with Crippen LogP contribution in [0.15, 0.2) is 41.6 Å². The maximum atomic E-state index is 13.0. The van der Waals surface area contributed by atoms with Gasteiger partial charge in [0.1, 0.15) is 12.1 Å². The molecule has 30 heavy (non-hydrogen) atoms. The Bertz CT molecular complexity index is 1150. The molecule has 0 unspecified atom stereocenters. The lowest BCUT2D eigenvalue weighted by molar-refractivity contribution is 0.0742. The van der Waals surface area contributed by atoms with Crippen molar-refractivity contribution in [2.45, 2.75) is 0 Å². The molecular weight excluding hydrogens is 386 g/mol. The van der Waals surface area contributed by atoms with Crippen LogP contribution in [0.5, 0.6) is 11.6 Å². The van der Waals surface area contributed by atoms with Gasteiger partial charge >= 0.3 is 0 Å². The van der Waals surface area contributed by atoms with Gasteiger partial charge in [-0.25, -0.2) is 9.97 Å². The highest BCUT2D eigenvalue weighted by Crippen LogP contribution is 2.27. The van der Waals surface area contributed by atoms with Crippen LogP contribution in [0.3, 0.4) is 0 Å². The molecule has 0 atom stereocenters. The number of aromatic nitrogens is 3. The maximum Gasteiger partial charge on any atom is 0.259 e. The molecule has 0 spiro atoms. The molecule has 9 heteroatoms. The van der Waals surface area contributed by atoms with Crippen molar-refractivity contribution in [3.63, 3.8) is 0 Å². The molecule has 0 N–H and O–H groups in total. The molecule has 4 rings (SSSR count). The first-order chi connectivity index (χ1) is 14.5. The fourth-order valence-corrected chi connectivity index (χ4v) is 3.66. The zero-order valence-corrected chi connectivity index (χ0v) is 17.2. The van der Waals surface area contributed by atoms with Gasteiger partial charge < -0.3 is 23.8 Å². The van der Waals surface area contributed by atoms with Crippen LogP contribution < -0.4 is 19.9 Å². The number of ether oxygens (including phenoxy) is 2. The Morgan fingerprint density at radius 2 is 1.80 bits per heavy atom. The maximum absolute atomic E-state index is 13.0. The summed E-state index contributed by atoms with van der Waals surface area (Å²) in [6.45, 7) is 2.49. The molecule has 0 bridgehead atoms. The van der Waals surface area contributed by atoms with Crippen LogP contribution in [-0.2, 0) is 7.05 Å². The van der Waals surface area contributed by atoms with E-state index in [2.05, 4.69) is 14.9 Å². The molecule has 156 valence electrons. The molecule has 9 nitrogen and oxygen atoms in total.